The van der Waals surface area contributed by atoms with Crippen LogP contribution in [0, 0.1) is 0 Å². The molecular formula is C10H17N3. The van der Waals surface area contributed by atoms with Crippen LogP contribution in [0.4, 0.5) is 0 Å². The van der Waals surface area contributed by atoms with Crippen molar-refractivity contribution >= 4 is 0 Å². The summed E-state index contributed by atoms with van der Waals surface area (Å²) in [7, 11) is 0. The summed E-state index contributed by atoms with van der Waals surface area (Å²) in [6.07, 6.45) is 4.69. The highest BCUT2D eigenvalue weighted by molar-refractivity contribution is 5.13. The van der Waals surface area contributed by atoms with Crippen molar-refractivity contribution in [3.8, 4) is 0 Å². The van der Waals surface area contributed by atoms with Gasteiger partial charge in [0.25, 0.3) is 0 Å². The van der Waals surface area contributed by atoms with E-state index in [4.69, 9.17) is 5.73 Å². The van der Waals surface area contributed by atoms with Crippen LogP contribution in [0.3, 0.4) is 0 Å². The first kappa shape index (κ1) is 8.75. The van der Waals surface area contributed by atoms with E-state index in [0.717, 1.165) is 5.69 Å². The molecule has 1 aliphatic carbocycles. The minimum absolute atomic E-state index is 0.503. The Bertz CT molecular complexity index is 278. The molecule has 1 aromatic heterocycles. The van der Waals surface area contributed by atoms with Gasteiger partial charge in [-0.2, -0.15) is 0 Å². The molecule has 0 aromatic carbocycles. The smallest absolute Gasteiger partial charge is 0.112 e. The normalized spacial score (nSPS) is 16.9. The van der Waals surface area contributed by atoms with Gasteiger partial charge in [0, 0.05) is 24.7 Å². The summed E-state index contributed by atoms with van der Waals surface area (Å²) >= 11 is 0. The lowest BCUT2D eigenvalue weighted by molar-refractivity contribution is 0.569. The Morgan fingerprint density at radius 2 is 2.31 bits per heavy atom. The summed E-state index contributed by atoms with van der Waals surface area (Å²) in [5.74, 6) is 1.96. The molecule has 0 atom stereocenters. The van der Waals surface area contributed by atoms with Gasteiger partial charge in [0.1, 0.15) is 5.82 Å². The predicted molar refractivity (Wildman–Crippen MR) is 52.5 cm³/mol. The summed E-state index contributed by atoms with van der Waals surface area (Å²) in [5.41, 5.74) is 6.60. The second-order valence-electron chi connectivity index (χ2n) is 4.07. The molecule has 0 spiro atoms. The van der Waals surface area contributed by atoms with Gasteiger partial charge < -0.3 is 10.3 Å². The molecule has 2 rings (SSSR count). The Morgan fingerprint density at radius 3 is 2.77 bits per heavy atom. The molecule has 1 aliphatic rings. The summed E-state index contributed by atoms with van der Waals surface area (Å²) in [5, 5.41) is 0. The average Bonchev–Trinajstić information content (AvgIpc) is 2.84. The van der Waals surface area contributed by atoms with Gasteiger partial charge >= 0.3 is 0 Å². The molecule has 0 radical (unpaired) electrons. The number of imidazole rings is 1. The van der Waals surface area contributed by atoms with Gasteiger partial charge in [-0.25, -0.2) is 4.98 Å². The van der Waals surface area contributed by atoms with E-state index in [1.807, 2.05) is 0 Å². The van der Waals surface area contributed by atoms with E-state index in [-0.39, 0.29) is 0 Å². The van der Waals surface area contributed by atoms with Crippen molar-refractivity contribution in [1.82, 2.24) is 9.55 Å². The van der Waals surface area contributed by atoms with E-state index in [0.29, 0.717) is 18.5 Å². The third-order valence-electron chi connectivity index (χ3n) is 2.52. The molecule has 0 aliphatic heterocycles. The summed E-state index contributed by atoms with van der Waals surface area (Å²) in [6, 6.07) is 0.503. The quantitative estimate of drug-likeness (QED) is 0.769. The zero-order valence-electron chi connectivity index (χ0n) is 8.33. The fourth-order valence-electron chi connectivity index (χ4n) is 1.62. The van der Waals surface area contributed by atoms with E-state index in [1.165, 1.54) is 18.7 Å². The molecule has 1 heterocycles. The Hall–Kier alpha value is -0.830. The second-order valence-corrected chi connectivity index (χ2v) is 4.07. The van der Waals surface area contributed by atoms with Gasteiger partial charge in [0.2, 0.25) is 0 Å². The highest BCUT2D eigenvalue weighted by Crippen LogP contribution is 2.40. The first-order chi connectivity index (χ1) is 6.22. The van der Waals surface area contributed by atoms with Crippen molar-refractivity contribution in [2.24, 2.45) is 5.73 Å². The summed E-state index contributed by atoms with van der Waals surface area (Å²) in [6.45, 7) is 4.93. The topological polar surface area (TPSA) is 43.8 Å². The Labute approximate surface area is 79.0 Å². The minimum atomic E-state index is 0.503. The van der Waals surface area contributed by atoms with Gasteiger partial charge in [0.05, 0.1) is 5.69 Å². The molecule has 0 saturated heterocycles. The molecule has 1 saturated carbocycles. The van der Waals surface area contributed by atoms with E-state index >= 15 is 0 Å². The molecule has 2 N–H and O–H groups in total. The highest BCUT2D eigenvalue weighted by atomic mass is 15.1. The third kappa shape index (κ3) is 1.61. The summed E-state index contributed by atoms with van der Waals surface area (Å²) in [4.78, 5) is 4.55. The lowest BCUT2D eigenvalue weighted by Gasteiger charge is -2.09. The van der Waals surface area contributed by atoms with Crippen LogP contribution in [0.15, 0.2) is 6.20 Å². The lowest BCUT2D eigenvalue weighted by Crippen LogP contribution is -2.03. The van der Waals surface area contributed by atoms with Crippen molar-refractivity contribution < 1.29 is 0 Å². The molecule has 13 heavy (non-hydrogen) atoms. The lowest BCUT2D eigenvalue weighted by atomic mass is 10.3. The largest absolute Gasteiger partial charge is 0.332 e. The van der Waals surface area contributed by atoms with Crippen molar-refractivity contribution in [2.45, 2.75) is 45.2 Å². The molecular weight excluding hydrogens is 162 g/mol. The van der Waals surface area contributed by atoms with Crippen molar-refractivity contribution in [3.05, 3.63) is 17.7 Å². The van der Waals surface area contributed by atoms with Crippen LogP contribution in [0.2, 0.25) is 0 Å². The average molecular weight is 179 g/mol. The number of aromatic nitrogens is 2. The number of rotatable bonds is 3. The monoisotopic (exact) mass is 179 g/mol. The SMILES string of the molecule is CC(C)n1cc(CN)nc1C1CC1. The van der Waals surface area contributed by atoms with Crippen LogP contribution in [0.25, 0.3) is 0 Å². The Kier molecular flexibility index (Phi) is 2.12. The van der Waals surface area contributed by atoms with E-state index < -0.39 is 0 Å². The Morgan fingerprint density at radius 1 is 1.62 bits per heavy atom. The van der Waals surface area contributed by atoms with Gasteiger partial charge in [0.15, 0.2) is 0 Å². The maximum absolute atomic E-state index is 5.58. The molecule has 1 aromatic rings. The summed E-state index contributed by atoms with van der Waals surface area (Å²) < 4.78 is 2.26. The zero-order chi connectivity index (χ0) is 9.42. The fraction of sp³-hybridized carbons (Fsp3) is 0.700. The van der Waals surface area contributed by atoms with Crippen LogP contribution < -0.4 is 5.73 Å². The van der Waals surface area contributed by atoms with Crippen LogP contribution in [0.5, 0.6) is 0 Å². The van der Waals surface area contributed by atoms with Gasteiger partial charge in [-0.05, 0) is 26.7 Å². The van der Waals surface area contributed by atoms with Crippen LogP contribution >= 0.6 is 0 Å². The van der Waals surface area contributed by atoms with Crippen molar-refractivity contribution in [2.75, 3.05) is 0 Å². The molecule has 3 heteroatoms. The molecule has 0 bridgehead atoms. The van der Waals surface area contributed by atoms with Crippen molar-refractivity contribution in [1.29, 1.82) is 0 Å². The van der Waals surface area contributed by atoms with Crippen LogP contribution in [-0.4, -0.2) is 9.55 Å². The van der Waals surface area contributed by atoms with E-state index in [1.54, 1.807) is 0 Å². The van der Waals surface area contributed by atoms with E-state index in [9.17, 15) is 0 Å². The molecule has 1 fully saturated rings. The predicted octanol–water partition coefficient (Wildman–Crippen LogP) is 1.80. The van der Waals surface area contributed by atoms with Gasteiger partial charge in [-0.3, -0.25) is 0 Å². The van der Waals surface area contributed by atoms with Crippen molar-refractivity contribution in [3.63, 3.8) is 0 Å². The molecule has 72 valence electrons. The minimum Gasteiger partial charge on any atom is -0.332 e. The maximum atomic E-state index is 5.58. The first-order valence-corrected chi connectivity index (χ1v) is 5.00. The second kappa shape index (κ2) is 3.14. The number of hydrogen-bond acceptors (Lipinski definition) is 2. The van der Waals surface area contributed by atoms with Gasteiger partial charge in [-0.15, -0.1) is 0 Å². The number of hydrogen-bond donors (Lipinski definition) is 1. The highest BCUT2D eigenvalue weighted by Gasteiger charge is 2.29. The standard InChI is InChI=1S/C10H17N3/c1-7(2)13-6-9(5-11)12-10(13)8-3-4-8/h6-8H,3-5,11H2,1-2H3. The maximum Gasteiger partial charge on any atom is 0.112 e. The van der Waals surface area contributed by atoms with E-state index in [2.05, 4.69) is 29.6 Å². The van der Waals surface area contributed by atoms with Crippen LogP contribution in [0.1, 0.15) is 50.2 Å². The first-order valence-electron chi connectivity index (χ1n) is 5.00. The van der Waals surface area contributed by atoms with Crippen LogP contribution in [-0.2, 0) is 6.54 Å². The zero-order valence-corrected chi connectivity index (χ0v) is 8.33. The molecule has 0 unspecified atom stereocenters. The fourth-order valence-corrected chi connectivity index (χ4v) is 1.62. The number of nitrogens with two attached hydrogens (primary N) is 1. The molecule has 3 nitrogen and oxygen atoms in total. The Balaban J connectivity index is 2.33. The number of nitrogens with zero attached hydrogens (tertiary/aromatic N) is 2. The third-order valence-corrected chi connectivity index (χ3v) is 2.52. The molecule has 0 amide bonds. The van der Waals surface area contributed by atoms with Gasteiger partial charge in [-0.1, -0.05) is 0 Å².